The van der Waals surface area contributed by atoms with Crippen molar-refractivity contribution in [2.24, 2.45) is 4.99 Å². The van der Waals surface area contributed by atoms with E-state index < -0.39 is 0 Å². The molecule has 1 heterocycles. The van der Waals surface area contributed by atoms with Crippen LogP contribution in [0, 0.1) is 0 Å². The first kappa shape index (κ1) is 21.7. The Morgan fingerprint density at radius 2 is 1.97 bits per heavy atom. The number of ether oxygens (including phenoxy) is 1. The molecular formula is C23H31IN4O. The Balaban J connectivity index is 0.00000240. The number of hydrogen-bond donors (Lipinski definition) is 2. The van der Waals surface area contributed by atoms with Gasteiger partial charge in [-0.15, -0.1) is 24.0 Å². The van der Waals surface area contributed by atoms with Gasteiger partial charge in [0, 0.05) is 38.1 Å². The minimum atomic E-state index is 0. The number of aliphatic imine (C=N–C) groups is 1. The molecule has 1 fully saturated rings. The molecule has 29 heavy (non-hydrogen) atoms. The van der Waals surface area contributed by atoms with Gasteiger partial charge in [0.2, 0.25) is 0 Å². The first-order valence-corrected chi connectivity index (χ1v) is 10.3. The molecule has 0 amide bonds. The molecule has 2 aromatic rings. The smallest absolute Gasteiger partial charge is 0.191 e. The zero-order valence-corrected chi connectivity index (χ0v) is 19.6. The standard InChI is InChI=1S/C23H30N4O.HI/c1-3-24-23(25-15-18-14-17-8-4-5-9-20(17)18)26-19-12-13-27(16-19)21-10-6-7-11-22(21)28-2;/h4-11,18-19H,3,12-16H2,1-2H3,(H2,24,25,26);1H. The number of rotatable bonds is 6. The Hall–Kier alpha value is -1.96. The molecule has 2 aromatic carbocycles. The highest BCUT2D eigenvalue weighted by molar-refractivity contribution is 14.0. The van der Waals surface area contributed by atoms with Gasteiger partial charge in [-0.2, -0.15) is 0 Å². The van der Waals surface area contributed by atoms with E-state index in [1.165, 1.54) is 16.8 Å². The van der Waals surface area contributed by atoms with Gasteiger partial charge in [-0.3, -0.25) is 4.99 Å². The molecule has 4 rings (SSSR count). The van der Waals surface area contributed by atoms with Crippen LogP contribution in [0.2, 0.25) is 0 Å². The Bertz CT molecular complexity index is 841. The summed E-state index contributed by atoms with van der Waals surface area (Å²) in [6, 6.07) is 17.3. The number of benzene rings is 2. The van der Waals surface area contributed by atoms with E-state index >= 15 is 0 Å². The van der Waals surface area contributed by atoms with Gasteiger partial charge >= 0.3 is 0 Å². The van der Waals surface area contributed by atoms with Crippen LogP contribution in [0.1, 0.15) is 30.4 Å². The number of anilines is 1. The largest absolute Gasteiger partial charge is 0.495 e. The summed E-state index contributed by atoms with van der Waals surface area (Å²) in [5, 5.41) is 7.05. The average Bonchev–Trinajstić information content (AvgIpc) is 3.17. The van der Waals surface area contributed by atoms with E-state index in [1.807, 2.05) is 12.1 Å². The highest BCUT2D eigenvalue weighted by Crippen LogP contribution is 2.35. The van der Waals surface area contributed by atoms with E-state index in [0.29, 0.717) is 12.0 Å². The molecule has 2 aliphatic rings. The van der Waals surface area contributed by atoms with Crippen LogP contribution in [0.15, 0.2) is 53.5 Å². The normalized spacial score (nSPS) is 20.3. The number of fused-ring (bicyclic) bond motifs is 1. The fraction of sp³-hybridized carbons (Fsp3) is 0.435. The molecule has 2 N–H and O–H groups in total. The third-order valence-corrected chi connectivity index (χ3v) is 5.73. The lowest BCUT2D eigenvalue weighted by Crippen LogP contribution is -2.45. The lowest BCUT2D eigenvalue weighted by atomic mass is 9.78. The lowest BCUT2D eigenvalue weighted by Gasteiger charge is -2.29. The molecule has 1 aliphatic heterocycles. The lowest BCUT2D eigenvalue weighted by molar-refractivity contribution is 0.415. The van der Waals surface area contributed by atoms with Crippen LogP contribution in [-0.2, 0) is 6.42 Å². The van der Waals surface area contributed by atoms with Crippen molar-refractivity contribution in [3.8, 4) is 5.75 Å². The summed E-state index contributed by atoms with van der Waals surface area (Å²) < 4.78 is 5.53. The minimum absolute atomic E-state index is 0. The zero-order chi connectivity index (χ0) is 19.3. The fourth-order valence-corrected chi connectivity index (χ4v) is 4.23. The number of nitrogens with zero attached hydrogens (tertiary/aromatic N) is 2. The van der Waals surface area contributed by atoms with Gasteiger partial charge in [0.15, 0.2) is 5.96 Å². The summed E-state index contributed by atoms with van der Waals surface area (Å²) in [7, 11) is 1.74. The quantitative estimate of drug-likeness (QED) is 0.356. The van der Waals surface area contributed by atoms with Crippen LogP contribution in [0.4, 0.5) is 5.69 Å². The highest BCUT2D eigenvalue weighted by Gasteiger charge is 2.27. The van der Waals surface area contributed by atoms with E-state index in [1.54, 1.807) is 7.11 Å². The number of para-hydroxylation sites is 2. The van der Waals surface area contributed by atoms with E-state index in [4.69, 9.17) is 9.73 Å². The maximum atomic E-state index is 5.53. The number of guanidine groups is 1. The summed E-state index contributed by atoms with van der Waals surface area (Å²) in [5.41, 5.74) is 4.11. The van der Waals surface area contributed by atoms with Gasteiger partial charge in [0.1, 0.15) is 5.75 Å². The second-order valence-corrected chi connectivity index (χ2v) is 7.57. The SMILES string of the molecule is CCNC(=NCC1Cc2ccccc21)NC1CCN(c2ccccc2OC)C1.I. The van der Waals surface area contributed by atoms with Crippen LogP contribution in [0.5, 0.6) is 5.75 Å². The van der Waals surface area contributed by atoms with E-state index in [0.717, 1.165) is 50.7 Å². The fourth-order valence-electron chi connectivity index (χ4n) is 4.23. The van der Waals surface area contributed by atoms with Crippen molar-refractivity contribution in [2.45, 2.75) is 31.7 Å². The second-order valence-electron chi connectivity index (χ2n) is 7.57. The molecule has 0 bridgehead atoms. The van der Waals surface area contributed by atoms with Crippen LogP contribution in [0.3, 0.4) is 0 Å². The average molecular weight is 506 g/mol. The Morgan fingerprint density at radius 1 is 1.17 bits per heavy atom. The van der Waals surface area contributed by atoms with Crippen LogP contribution < -0.4 is 20.3 Å². The van der Waals surface area contributed by atoms with Gasteiger partial charge in [0.05, 0.1) is 12.8 Å². The second kappa shape index (κ2) is 10.2. The third kappa shape index (κ3) is 4.97. The van der Waals surface area contributed by atoms with Gasteiger partial charge in [-0.1, -0.05) is 36.4 Å². The Labute approximate surface area is 191 Å². The first-order valence-electron chi connectivity index (χ1n) is 10.3. The van der Waals surface area contributed by atoms with Crippen molar-refractivity contribution in [2.75, 3.05) is 38.2 Å². The Morgan fingerprint density at radius 3 is 2.76 bits per heavy atom. The molecular weight excluding hydrogens is 475 g/mol. The summed E-state index contributed by atoms with van der Waals surface area (Å²) in [6.07, 6.45) is 2.23. The number of hydrogen-bond acceptors (Lipinski definition) is 3. The van der Waals surface area contributed by atoms with Gasteiger partial charge in [-0.25, -0.2) is 0 Å². The van der Waals surface area contributed by atoms with Crippen molar-refractivity contribution < 1.29 is 4.74 Å². The summed E-state index contributed by atoms with van der Waals surface area (Å²) in [5.74, 6) is 2.42. The van der Waals surface area contributed by atoms with Gasteiger partial charge < -0.3 is 20.3 Å². The van der Waals surface area contributed by atoms with Gasteiger partial charge in [0.25, 0.3) is 0 Å². The van der Waals surface area contributed by atoms with E-state index in [9.17, 15) is 0 Å². The van der Waals surface area contributed by atoms with E-state index in [2.05, 4.69) is 58.9 Å². The summed E-state index contributed by atoms with van der Waals surface area (Å²) in [4.78, 5) is 7.27. The highest BCUT2D eigenvalue weighted by atomic mass is 127. The molecule has 0 spiro atoms. The van der Waals surface area contributed by atoms with Crippen molar-refractivity contribution in [1.82, 2.24) is 10.6 Å². The molecule has 5 nitrogen and oxygen atoms in total. The molecule has 0 radical (unpaired) electrons. The summed E-state index contributed by atoms with van der Waals surface area (Å²) in [6.45, 7) is 5.81. The van der Waals surface area contributed by atoms with Crippen LogP contribution in [0.25, 0.3) is 0 Å². The molecule has 6 heteroatoms. The molecule has 1 saturated heterocycles. The van der Waals surface area contributed by atoms with Crippen LogP contribution >= 0.6 is 24.0 Å². The first-order chi connectivity index (χ1) is 13.8. The maximum absolute atomic E-state index is 5.53. The Kier molecular flexibility index (Phi) is 7.64. The van der Waals surface area contributed by atoms with Crippen molar-refractivity contribution in [3.63, 3.8) is 0 Å². The van der Waals surface area contributed by atoms with Crippen LogP contribution in [-0.4, -0.2) is 45.3 Å². The van der Waals surface area contributed by atoms with Crippen molar-refractivity contribution in [3.05, 3.63) is 59.7 Å². The zero-order valence-electron chi connectivity index (χ0n) is 17.2. The van der Waals surface area contributed by atoms with Crippen molar-refractivity contribution >= 4 is 35.6 Å². The van der Waals surface area contributed by atoms with Gasteiger partial charge in [-0.05, 0) is 43.0 Å². The maximum Gasteiger partial charge on any atom is 0.191 e. The molecule has 0 aromatic heterocycles. The monoisotopic (exact) mass is 506 g/mol. The molecule has 2 atom stereocenters. The molecule has 2 unspecified atom stereocenters. The number of halogens is 1. The number of methoxy groups -OCH3 is 1. The summed E-state index contributed by atoms with van der Waals surface area (Å²) >= 11 is 0. The molecule has 156 valence electrons. The van der Waals surface area contributed by atoms with Crippen molar-refractivity contribution in [1.29, 1.82) is 0 Å². The predicted molar refractivity (Wildman–Crippen MR) is 131 cm³/mol. The predicted octanol–water partition coefficient (Wildman–Crippen LogP) is 3.79. The molecule has 1 aliphatic carbocycles. The topological polar surface area (TPSA) is 48.9 Å². The third-order valence-electron chi connectivity index (χ3n) is 5.73. The minimum Gasteiger partial charge on any atom is -0.495 e. The number of nitrogens with one attached hydrogen (secondary N) is 2. The van der Waals surface area contributed by atoms with E-state index in [-0.39, 0.29) is 24.0 Å². The molecule has 0 saturated carbocycles.